The van der Waals surface area contributed by atoms with Crippen LogP contribution in [0.3, 0.4) is 0 Å². The lowest BCUT2D eigenvalue weighted by molar-refractivity contribution is 0.110. The third-order valence-electron chi connectivity index (χ3n) is 3.11. The van der Waals surface area contributed by atoms with Gasteiger partial charge in [0.05, 0.1) is 6.10 Å². The van der Waals surface area contributed by atoms with Crippen LogP contribution in [0.4, 0.5) is 0 Å². The molecule has 5 nitrogen and oxygen atoms in total. The molecular formula is C12H16N4O. The first-order valence-electron chi connectivity index (χ1n) is 6.01. The zero-order valence-corrected chi connectivity index (χ0v) is 9.67. The number of nitrogens with two attached hydrogens (primary N) is 1. The highest BCUT2D eigenvalue weighted by molar-refractivity contribution is 5.38. The maximum absolute atomic E-state index is 5.60. The summed E-state index contributed by atoms with van der Waals surface area (Å²) in [5.74, 6) is 0.853. The van der Waals surface area contributed by atoms with E-state index in [1.54, 1.807) is 4.52 Å². The van der Waals surface area contributed by atoms with Crippen molar-refractivity contribution in [2.75, 3.05) is 6.61 Å². The van der Waals surface area contributed by atoms with Crippen molar-refractivity contribution < 1.29 is 4.74 Å². The van der Waals surface area contributed by atoms with Crippen molar-refractivity contribution >= 4 is 5.65 Å². The van der Waals surface area contributed by atoms with Crippen molar-refractivity contribution in [2.45, 2.75) is 31.9 Å². The van der Waals surface area contributed by atoms with Crippen LogP contribution in [0, 0.1) is 0 Å². The second kappa shape index (κ2) is 4.43. The van der Waals surface area contributed by atoms with Gasteiger partial charge in [-0.15, -0.1) is 0 Å². The smallest absolute Gasteiger partial charge is 0.155 e. The maximum atomic E-state index is 5.60. The van der Waals surface area contributed by atoms with Gasteiger partial charge >= 0.3 is 0 Å². The summed E-state index contributed by atoms with van der Waals surface area (Å²) in [6.07, 6.45) is 5.29. The molecular weight excluding hydrogens is 216 g/mol. The molecule has 90 valence electrons. The maximum Gasteiger partial charge on any atom is 0.155 e. The zero-order chi connectivity index (χ0) is 11.7. The molecule has 0 saturated carbocycles. The van der Waals surface area contributed by atoms with Gasteiger partial charge in [-0.25, -0.2) is 9.50 Å². The van der Waals surface area contributed by atoms with Gasteiger partial charge < -0.3 is 10.5 Å². The monoisotopic (exact) mass is 232 g/mol. The molecule has 1 aliphatic heterocycles. The topological polar surface area (TPSA) is 65.4 Å². The van der Waals surface area contributed by atoms with E-state index in [0.29, 0.717) is 12.6 Å². The van der Waals surface area contributed by atoms with E-state index in [2.05, 4.69) is 10.1 Å². The number of hydrogen-bond donors (Lipinski definition) is 1. The molecule has 0 spiro atoms. The first-order chi connectivity index (χ1) is 8.35. The van der Waals surface area contributed by atoms with E-state index in [1.807, 2.05) is 18.3 Å². The van der Waals surface area contributed by atoms with Gasteiger partial charge in [-0.2, -0.15) is 5.10 Å². The third-order valence-corrected chi connectivity index (χ3v) is 3.11. The van der Waals surface area contributed by atoms with Gasteiger partial charge in [0.25, 0.3) is 0 Å². The van der Waals surface area contributed by atoms with Crippen LogP contribution < -0.4 is 5.73 Å². The number of hydrogen-bond acceptors (Lipinski definition) is 4. The molecule has 5 heteroatoms. The van der Waals surface area contributed by atoms with Crippen molar-refractivity contribution in [2.24, 2.45) is 5.73 Å². The summed E-state index contributed by atoms with van der Waals surface area (Å²) >= 11 is 0. The predicted octanol–water partition coefficient (Wildman–Crippen LogP) is 0.909. The van der Waals surface area contributed by atoms with Crippen molar-refractivity contribution in [1.82, 2.24) is 14.6 Å². The molecule has 0 aliphatic carbocycles. The third kappa shape index (κ3) is 2.16. The van der Waals surface area contributed by atoms with E-state index in [1.165, 1.54) is 0 Å². The first-order valence-corrected chi connectivity index (χ1v) is 6.01. The van der Waals surface area contributed by atoms with Gasteiger partial charge in [-0.05, 0) is 24.5 Å². The van der Waals surface area contributed by atoms with Crippen molar-refractivity contribution in [3.05, 3.63) is 29.7 Å². The second-order valence-electron chi connectivity index (χ2n) is 4.41. The summed E-state index contributed by atoms with van der Waals surface area (Å²) in [6, 6.07) is 3.94. The lowest BCUT2D eigenvalue weighted by Crippen LogP contribution is -2.10. The van der Waals surface area contributed by atoms with Gasteiger partial charge in [0, 0.05) is 25.8 Å². The Kier molecular flexibility index (Phi) is 2.78. The lowest BCUT2D eigenvalue weighted by Gasteiger charge is -2.04. The Balaban J connectivity index is 1.85. The number of nitrogens with zero attached hydrogens (tertiary/aromatic N) is 3. The van der Waals surface area contributed by atoms with Crippen LogP contribution >= 0.6 is 0 Å². The predicted molar refractivity (Wildman–Crippen MR) is 63.6 cm³/mol. The Morgan fingerprint density at radius 3 is 3.18 bits per heavy atom. The van der Waals surface area contributed by atoms with Crippen LogP contribution in [0.15, 0.2) is 18.3 Å². The SMILES string of the molecule is NCc1ccc2nc(CC3CCCO3)nn2c1. The molecule has 0 bridgehead atoms. The summed E-state index contributed by atoms with van der Waals surface area (Å²) in [4.78, 5) is 4.48. The van der Waals surface area contributed by atoms with Crippen LogP contribution in [0.25, 0.3) is 5.65 Å². The fraction of sp³-hybridized carbons (Fsp3) is 0.500. The Labute approximate surface area is 99.6 Å². The van der Waals surface area contributed by atoms with Gasteiger partial charge in [-0.1, -0.05) is 6.07 Å². The van der Waals surface area contributed by atoms with Crippen molar-refractivity contribution in [3.8, 4) is 0 Å². The van der Waals surface area contributed by atoms with Crippen LogP contribution in [-0.2, 0) is 17.7 Å². The second-order valence-corrected chi connectivity index (χ2v) is 4.41. The molecule has 3 heterocycles. The number of aromatic nitrogens is 3. The van der Waals surface area contributed by atoms with Gasteiger partial charge in [-0.3, -0.25) is 0 Å². The van der Waals surface area contributed by atoms with E-state index < -0.39 is 0 Å². The molecule has 0 radical (unpaired) electrons. The van der Waals surface area contributed by atoms with Gasteiger partial charge in [0.15, 0.2) is 11.5 Å². The van der Waals surface area contributed by atoms with Crippen LogP contribution in [0.5, 0.6) is 0 Å². The molecule has 1 aliphatic rings. The lowest BCUT2D eigenvalue weighted by atomic mass is 10.2. The minimum absolute atomic E-state index is 0.293. The minimum Gasteiger partial charge on any atom is -0.378 e. The molecule has 0 aromatic carbocycles. The number of pyridine rings is 1. The molecule has 0 amide bonds. The highest BCUT2D eigenvalue weighted by Crippen LogP contribution is 2.16. The highest BCUT2D eigenvalue weighted by Gasteiger charge is 2.18. The van der Waals surface area contributed by atoms with Crippen LogP contribution in [0.1, 0.15) is 24.2 Å². The quantitative estimate of drug-likeness (QED) is 0.854. The van der Waals surface area contributed by atoms with Gasteiger partial charge in [0.2, 0.25) is 0 Å². The normalized spacial score (nSPS) is 20.2. The van der Waals surface area contributed by atoms with Gasteiger partial charge in [0.1, 0.15) is 0 Å². The van der Waals surface area contributed by atoms with Crippen molar-refractivity contribution in [3.63, 3.8) is 0 Å². The first kappa shape index (κ1) is 10.7. The van der Waals surface area contributed by atoms with E-state index in [-0.39, 0.29) is 0 Å². The summed E-state index contributed by atoms with van der Waals surface area (Å²) in [7, 11) is 0. The highest BCUT2D eigenvalue weighted by atomic mass is 16.5. The number of rotatable bonds is 3. The standard InChI is InChI=1S/C12H16N4O/c13-7-9-3-4-12-14-11(15-16(12)8-9)6-10-2-1-5-17-10/h3-4,8,10H,1-2,5-7,13H2. The molecule has 3 rings (SSSR count). The Morgan fingerprint density at radius 2 is 2.41 bits per heavy atom. The zero-order valence-electron chi connectivity index (χ0n) is 9.67. The molecule has 1 atom stereocenters. The molecule has 1 saturated heterocycles. The number of ether oxygens (including phenoxy) is 1. The van der Waals surface area contributed by atoms with E-state index in [4.69, 9.17) is 10.5 Å². The average Bonchev–Trinajstić information content (AvgIpc) is 2.96. The molecule has 1 fully saturated rings. The molecule has 1 unspecified atom stereocenters. The largest absolute Gasteiger partial charge is 0.378 e. The summed E-state index contributed by atoms with van der Waals surface area (Å²) in [5, 5.41) is 4.45. The van der Waals surface area contributed by atoms with E-state index >= 15 is 0 Å². The van der Waals surface area contributed by atoms with Crippen molar-refractivity contribution in [1.29, 1.82) is 0 Å². The number of fused-ring (bicyclic) bond motifs is 1. The summed E-state index contributed by atoms with van der Waals surface area (Å²) in [5.41, 5.74) is 7.53. The van der Waals surface area contributed by atoms with Crippen LogP contribution in [0.2, 0.25) is 0 Å². The molecule has 2 aromatic rings. The fourth-order valence-electron chi connectivity index (χ4n) is 2.19. The van der Waals surface area contributed by atoms with E-state index in [0.717, 1.165) is 42.9 Å². The fourth-order valence-corrected chi connectivity index (χ4v) is 2.19. The molecule has 2 aromatic heterocycles. The Bertz CT molecular complexity index is 516. The molecule has 2 N–H and O–H groups in total. The minimum atomic E-state index is 0.293. The van der Waals surface area contributed by atoms with E-state index in [9.17, 15) is 0 Å². The summed E-state index contributed by atoms with van der Waals surface area (Å²) < 4.78 is 7.39. The molecule has 17 heavy (non-hydrogen) atoms. The Hall–Kier alpha value is -1.46. The van der Waals surface area contributed by atoms with Crippen LogP contribution in [-0.4, -0.2) is 27.3 Å². The average molecular weight is 232 g/mol. The Morgan fingerprint density at radius 1 is 1.47 bits per heavy atom. The summed E-state index contributed by atoms with van der Waals surface area (Å²) in [6.45, 7) is 1.40.